The predicted molar refractivity (Wildman–Crippen MR) is 67.0 cm³/mol. The largest absolute Gasteiger partial charge is 0.481 e. The third-order valence-electron chi connectivity index (χ3n) is 3.53. The number of aliphatic carboxylic acids is 1. The quantitative estimate of drug-likeness (QED) is 0.864. The Balaban J connectivity index is 2.25. The van der Waals surface area contributed by atoms with Gasteiger partial charge in [-0.05, 0) is 20.3 Å². The van der Waals surface area contributed by atoms with Gasteiger partial charge in [-0.15, -0.1) is 0 Å². The van der Waals surface area contributed by atoms with E-state index in [1.54, 1.807) is 11.5 Å². The summed E-state index contributed by atoms with van der Waals surface area (Å²) in [5, 5.41) is 9.10. The normalized spacial score (nSPS) is 24.7. The second-order valence-corrected chi connectivity index (χ2v) is 6.88. The zero-order valence-electron chi connectivity index (χ0n) is 10.9. The van der Waals surface area contributed by atoms with Crippen LogP contribution in [0.5, 0.6) is 0 Å². The van der Waals surface area contributed by atoms with Crippen LogP contribution < -0.4 is 0 Å². The number of aryl methyl sites for hydroxylation is 1. The smallest absolute Gasteiger partial charge is 0.310 e. The molecule has 1 aliphatic rings. The Bertz CT molecular complexity index is 595. The number of imidazole rings is 1. The lowest BCUT2D eigenvalue weighted by Crippen LogP contribution is -2.35. The topological polar surface area (TPSA) is 92.5 Å². The second kappa shape index (κ2) is 4.61. The van der Waals surface area contributed by atoms with Crippen molar-refractivity contribution in [2.75, 3.05) is 13.1 Å². The lowest BCUT2D eigenvalue weighted by Gasteiger charge is -2.19. The highest BCUT2D eigenvalue weighted by molar-refractivity contribution is 7.89. The molecule has 8 heteroatoms. The maximum absolute atomic E-state index is 12.3. The number of hydrogen-bond acceptors (Lipinski definition) is 4. The predicted octanol–water partition coefficient (Wildman–Crippen LogP) is 0.388. The fraction of sp³-hybridized carbons (Fsp3) is 0.636. The second-order valence-electron chi connectivity index (χ2n) is 5.00. The molecule has 1 unspecified atom stereocenters. The Kier molecular flexibility index (Phi) is 3.40. The van der Waals surface area contributed by atoms with Crippen molar-refractivity contribution >= 4 is 16.0 Å². The molecule has 0 spiro atoms. The summed E-state index contributed by atoms with van der Waals surface area (Å²) in [6.45, 7) is 4.29. The highest BCUT2D eigenvalue weighted by Crippen LogP contribution is 2.33. The molecule has 2 rings (SSSR count). The van der Waals surface area contributed by atoms with Crippen LogP contribution in [-0.2, 0) is 21.4 Å². The molecule has 1 aliphatic heterocycles. The fourth-order valence-corrected chi connectivity index (χ4v) is 3.58. The molecule has 0 bridgehead atoms. The number of hydrogen-bond donors (Lipinski definition) is 1. The maximum atomic E-state index is 12.3. The highest BCUT2D eigenvalue weighted by atomic mass is 32.2. The number of nitrogens with zero attached hydrogens (tertiary/aromatic N) is 3. The van der Waals surface area contributed by atoms with Crippen LogP contribution in [0.4, 0.5) is 0 Å². The van der Waals surface area contributed by atoms with Gasteiger partial charge < -0.3 is 9.67 Å². The van der Waals surface area contributed by atoms with Crippen LogP contribution in [0.1, 0.15) is 20.3 Å². The van der Waals surface area contributed by atoms with E-state index in [-0.39, 0.29) is 18.1 Å². The summed E-state index contributed by atoms with van der Waals surface area (Å²) in [6.07, 6.45) is 3.24. The van der Waals surface area contributed by atoms with Crippen molar-refractivity contribution in [3.05, 3.63) is 12.5 Å². The molecule has 2 heterocycles. The summed E-state index contributed by atoms with van der Waals surface area (Å²) in [7, 11) is -3.69. The SMILES string of the molecule is CCn1cnc(S(=O)(=O)N2CCC(C)(C(=O)O)C2)c1. The number of carbonyl (C=O) groups is 1. The van der Waals surface area contributed by atoms with Crippen LogP contribution in [0.2, 0.25) is 0 Å². The number of rotatable bonds is 4. The first-order valence-electron chi connectivity index (χ1n) is 6.05. The number of sulfonamides is 1. The van der Waals surface area contributed by atoms with E-state index >= 15 is 0 Å². The van der Waals surface area contributed by atoms with E-state index in [1.165, 1.54) is 16.8 Å². The summed E-state index contributed by atoms with van der Waals surface area (Å²) >= 11 is 0. The molecule has 0 amide bonds. The number of carboxylic acids is 1. The Morgan fingerprint density at radius 1 is 1.58 bits per heavy atom. The summed E-state index contributed by atoms with van der Waals surface area (Å²) in [5.74, 6) is -0.968. The van der Waals surface area contributed by atoms with Gasteiger partial charge in [-0.2, -0.15) is 4.31 Å². The van der Waals surface area contributed by atoms with Gasteiger partial charge in [-0.3, -0.25) is 4.79 Å². The first-order chi connectivity index (χ1) is 8.79. The summed E-state index contributed by atoms with van der Waals surface area (Å²) in [6, 6.07) is 0. The van der Waals surface area contributed by atoms with Gasteiger partial charge in [0.1, 0.15) is 0 Å². The van der Waals surface area contributed by atoms with E-state index in [9.17, 15) is 13.2 Å². The highest BCUT2D eigenvalue weighted by Gasteiger charge is 2.45. The van der Waals surface area contributed by atoms with Crippen molar-refractivity contribution in [2.24, 2.45) is 5.41 Å². The van der Waals surface area contributed by atoms with Crippen LogP contribution in [0.25, 0.3) is 0 Å². The maximum Gasteiger partial charge on any atom is 0.310 e. The van der Waals surface area contributed by atoms with Crippen molar-refractivity contribution in [2.45, 2.75) is 31.8 Å². The van der Waals surface area contributed by atoms with Crippen LogP contribution >= 0.6 is 0 Å². The molecular formula is C11H17N3O4S. The summed E-state index contributed by atoms with van der Waals surface area (Å²) in [4.78, 5) is 15.0. The third-order valence-corrected chi connectivity index (χ3v) is 5.26. The third kappa shape index (κ3) is 2.37. The molecule has 19 heavy (non-hydrogen) atoms. The minimum atomic E-state index is -3.69. The Morgan fingerprint density at radius 2 is 2.26 bits per heavy atom. The van der Waals surface area contributed by atoms with E-state index in [4.69, 9.17) is 5.11 Å². The van der Waals surface area contributed by atoms with Gasteiger partial charge in [0.15, 0.2) is 5.03 Å². The summed E-state index contributed by atoms with van der Waals surface area (Å²) in [5.41, 5.74) is -1.01. The van der Waals surface area contributed by atoms with Gasteiger partial charge in [0, 0.05) is 25.8 Å². The molecule has 0 radical (unpaired) electrons. The molecule has 1 aromatic rings. The van der Waals surface area contributed by atoms with Gasteiger partial charge >= 0.3 is 5.97 Å². The molecule has 0 aromatic carbocycles. The van der Waals surface area contributed by atoms with E-state index < -0.39 is 21.4 Å². The molecule has 1 N–H and O–H groups in total. The molecule has 0 saturated carbocycles. The van der Waals surface area contributed by atoms with E-state index in [2.05, 4.69) is 4.98 Å². The molecule has 1 saturated heterocycles. The molecule has 0 aliphatic carbocycles. The van der Waals surface area contributed by atoms with Crippen LogP contribution in [0.15, 0.2) is 17.6 Å². The van der Waals surface area contributed by atoms with E-state index in [0.717, 1.165) is 0 Å². The Hall–Kier alpha value is -1.41. The van der Waals surface area contributed by atoms with E-state index in [0.29, 0.717) is 13.0 Å². The molecule has 106 valence electrons. The standard InChI is InChI=1S/C11H17N3O4S/c1-3-13-6-9(12-8-13)19(17,18)14-5-4-11(2,7-14)10(15)16/h6,8H,3-5,7H2,1-2H3,(H,15,16). The molecule has 1 fully saturated rings. The van der Waals surface area contributed by atoms with Gasteiger partial charge in [0.2, 0.25) is 0 Å². The zero-order valence-corrected chi connectivity index (χ0v) is 11.7. The lowest BCUT2D eigenvalue weighted by molar-refractivity contribution is -0.146. The molecule has 1 aromatic heterocycles. The summed E-state index contributed by atoms with van der Waals surface area (Å²) < 4.78 is 27.5. The molecular weight excluding hydrogens is 270 g/mol. The van der Waals surface area contributed by atoms with Gasteiger partial charge in [-0.1, -0.05) is 0 Å². The number of carboxylic acid groups (broad SMARTS) is 1. The van der Waals surface area contributed by atoms with Gasteiger partial charge in [0.05, 0.1) is 11.7 Å². The van der Waals surface area contributed by atoms with Crippen LogP contribution in [0, 0.1) is 5.41 Å². The average Bonchev–Trinajstić information content (AvgIpc) is 2.96. The average molecular weight is 287 g/mol. The van der Waals surface area contributed by atoms with Crippen molar-refractivity contribution in [3.63, 3.8) is 0 Å². The molecule has 7 nitrogen and oxygen atoms in total. The first-order valence-corrected chi connectivity index (χ1v) is 7.49. The van der Waals surface area contributed by atoms with Crippen LogP contribution in [-0.4, -0.2) is 46.4 Å². The lowest BCUT2D eigenvalue weighted by atomic mass is 9.90. The Morgan fingerprint density at radius 3 is 2.74 bits per heavy atom. The van der Waals surface area contributed by atoms with E-state index in [1.807, 2.05) is 6.92 Å². The van der Waals surface area contributed by atoms with Crippen molar-refractivity contribution in [1.29, 1.82) is 0 Å². The monoisotopic (exact) mass is 287 g/mol. The van der Waals surface area contributed by atoms with Crippen molar-refractivity contribution < 1.29 is 18.3 Å². The zero-order chi connectivity index (χ0) is 14.3. The van der Waals surface area contributed by atoms with Crippen molar-refractivity contribution in [1.82, 2.24) is 13.9 Å². The van der Waals surface area contributed by atoms with Crippen molar-refractivity contribution in [3.8, 4) is 0 Å². The first kappa shape index (κ1) is 14.0. The minimum absolute atomic E-state index is 0.0103. The van der Waals surface area contributed by atoms with Gasteiger partial charge in [0.25, 0.3) is 10.0 Å². The van der Waals surface area contributed by atoms with Crippen LogP contribution in [0.3, 0.4) is 0 Å². The van der Waals surface area contributed by atoms with Gasteiger partial charge in [-0.25, -0.2) is 13.4 Å². The fourth-order valence-electron chi connectivity index (χ4n) is 2.08. The molecule has 1 atom stereocenters. The minimum Gasteiger partial charge on any atom is -0.481 e. The number of aromatic nitrogens is 2. The Labute approximate surface area is 111 Å².